The number of hydrogen-bond donors (Lipinski definition) is 0. The molecule has 164 valence electrons. The van der Waals surface area contributed by atoms with Gasteiger partial charge in [0, 0.05) is 32.1 Å². The third-order valence-electron chi connectivity index (χ3n) is 5.07. The van der Waals surface area contributed by atoms with Crippen LogP contribution in [0.3, 0.4) is 0 Å². The van der Waals surface area contributed by atoms with E-state index in [2.05, 4.69) is 21.5 Å². The number of alkyl halides is 2. The Balaban J connectivity index is 1.73. The van der Waals surface area contributed by atoms with Gasteiger partial charge in [-0.05, 0) is 45.0 Å². The van der Waals surface area contributed by atoms with Crippen molar-refractivity contribution < 1.29 is 18.3 Å². The molecule has 5 nitrogen and oxygen atoms in total. The first-order chi connectivity index (χ1) is 14.3. The number of hydrogen-bond acceptors (Lipinski definition) is 5. The second-order valence-corrected chi connectivity index (χ2v) is 8.71. The molecule has 1 saturated heterocycles. The highest BCUT2D eigenvalue weighted by Crippen LogP contribution is 2.32. The van der Waals surface area contributed by atoms with E-state index in [-0.39, 0.29) is 11.7 Å². The van der Waals surface area contributed by atoms with Gasteiger partial charge in [0.15, 0.2) is 0 Å². The lowest BCUT2D eigenvalue weighted by Gasteiger charge is -2.21. The minimum atomic E-state index is -3.25. The predicted octanol–water partition coefficient (Wildman–Crippen LogP) is 5.06. The van der Waals surface area contributed by atoms with E-state index in [0.29, 0.717) is 34.6 Å². The summed E-state index contributed by atoms with van der Waals surface area (Å²) in [6, 6.07) is 6.44. The van der Waals surface area contributed by atoms with Gasteiger partial charge < -0.3 is 14.5 Å². The number of benzene rings is 1. The molecule has 2 aromatic rings. The number of unbranched alkanes of at least 4 members (excludes halogenated alkanes) is 1. The van der Waals surface area contributed by atoms with E-state index in [1.807, 2.05) is 11.8 Å². The lowest BCUT2D eigenvalue weighted by atomic mass is 10.2. The molecule has 1 aromatic heterocycles. The number of amides is 1. The summed E-state index contributed by atoms with van der Waals surface area (Å²) in [5, 5.41) is 0.625. The first kappa shape index (κ1) is 22.6. The van der Waals surface area contributed by atoms with Crippen LogP contribution in [0.25, 0.3) is 10.6 Å². The van der Waals surface area contributed by atoms with Gasteiger partial charge in [0.1, 0.15) is 15.6 Å². The summed E-state index contributed by atoms with van der Waals surface area (Å²) in [7, 11) is 0. The first-order valence-corrected chi connectivity index (χ1v) is 11.2. The summed E-state index contributed by atoms with van der Waals surface area (Å²) >= 11 is 1.30. The molecule has 1 amide bonds. The van der Waals surface area contributed by atoms with Crippen LogP contribution in [0.1, 0.15) is 48.5 Å². The maximum Gasteiger partial charge on any atom is 0.394 e. The average Bonchev–Trinajstić information content (AvgIpc) is 2.92. The Bertz CT molecular complexity index is 866. The molecule has 0 bridgehead atoms. The van der Waals surface area contributed by atoms with E-state index in [0.717, 1.165) is 32.6 Å². The SMILES string of the molecule is CCCCN1CCCN(C(=O)c2sc(-c3cccc(OC(C)(F)F)c3)nc2C)CC1. The molecule has 0 atom stereocenters. The molecule has 1 fully saturated rings. The van der Waals surface area contributed by atoms with Crippen LogP contribution in [-0.4, -0.2) is 59.5 Å². The lowest BCUT2D eigenvalue weighted by Crippen LogP contribution is -2.35. The fraction of sp³-hybridized carbons (Fsp3) is 0.545. The van der Waals surface area contributed by atoms with Gasteiger partial charge in [-0.15, -0.1) is 11.3 Å². The van der Waals surface area contributed by atoms with E-state index >= 15 is 0 Å². The van der Waals surface area contributed by atoms with Gasteiger partial charge in [0.25, 0.3) is 5.91 Å². The summed E-state index contributed by atoms with van der Waals surface area (Å²) in [4.78, 5) is 22.6. The number of carbonyl (C=O) groups excluding carboxylic acids is 1. The third kappa shape index (κ3) is 5.98. The van der Waals surface area contributed by atoms with Crippen molar-refractivity contribution in [2.45, 2.75) is 46.1 Å². The Labute approximate surface area is 180 Å². The fourth-order valence-corrected chi connectivity index (χ4v) is 4.57. The van der Waals surface area contributed by atoms with Crippen LogP contribution in [0.4, 0.5) is 8.78 Å². The third-order valence-corrected chi connectivity index (χ3v) is 6.27. The monoisotopic (exact) mass is 437 g/mol. The zero-order valence-corrected chi connectivity index (χ0v) is 18.6. The number of carbonyl (C=O) groups is 1. The van der Waals surface area contributed by atoms with Crippen LogP contribution in [-0.2, 0) is 0 Å². The summed E-state index contributed by atoms with van der Waals surface area (Å²) in [5.41, 5.74) is 1.32. The average molecular weight is 438 g/mol. The summed E-state index contributed by atoms with van der Waals surface area (Å²) in [5.74, 6) is 0.0708. The number of nitrogens with zero attached hydrogens (tertiary/aromatic N) is 3. The topological polar surface area (TPSA) is 45.7 Å². The second-order valence-electron chi connectivity index (χ2n) is 7.71. The molecule has 1 aromatic carbocycles. The maximum absolute atomic E-state index is 13.2. The highest BCUT2D eigenvalue weighted by Gasteiger charge is 2.25. The number of thiazole rings is 1. The zero-order chi connectivity index (χ0) is 21.7. The zero-order valence-electron chi connectivity index (χ0n) is 17.8. The van der Waals surface area contributed by atoms with E-state index in [4.69, 9.17) is 0 Å². The molecule has 0 unspecified atom stereocenters. The van der Waals surface area contributed by atoms with Gasteiger partial charge in [0.2, 0.25) is 0 Å². The quantitative estimate of drug-likeness (QED) is 0.608. The van der Waals surface area contributed by atoms with E-state index in [1.165, 1.54) is 36.3 Å². The highest BCUT2D eigenvalue weighted by atomic mass is 32.1. The van der Waals surface area contributed by atoms with Crippen molar-refractivity contribution in [3.63, 3.8) is 0 Å². The molecule has 0 saturated carbocycles. The number of aromatic nitrogens is 1. The van der Waals surface area contributed by atoms with Gasteiger partial charge >= 0.3 is 6.11 Å². The van der Waals surface area contributed by atoms with Gasteiger partial charge in [-0.2, -0.15) is 8.78 Å². The van der Waals surface area contributed by atoms with E-state index in [1.54, 1.807) is 12.1 Å². The minimum absolute atomic E-state index is 0.00101. The van der Waals surface area contributed by atoms with Crippen molar-refractivity contribution in [1.29, 1.82) is 0 Å². The van der Waals surface area contributed by atoms with Crippen LogP contribution in [0.2, 0.25) is 0 Å². The molecule has 0 spiro atoms. The summed E-state index contributed by atoms with van der Waals surface area (Å²) < 4.78 is 31.0. The smallest absolute Gasteiger partial charge is 0.394 e. The molecular formula is C22H29F2N3O2S. The van der Waals surface area contributed by atoms with Gasteiger partial charge in [0.05, 0.1) is 5.69 Å². The molecule has 30 heavy (non-hydrogen) atoms. The van der Waals surface area contributed by atoms with Crippen LogP contribution < -0.4 is 4.74 Å². The molecule has 1 aliphatic heterocycles. The van der Waals surface area contributed by atoms with Crippen molar-refractivity contribution in [1.82, 2.24) is 14.8 Å². The Morgan fingerprint density at radius 2 is 2.07 bits per heavy atom. The Morgan fingerprint density at radius 1 is 1.27 bits per heavy atom. The largest absolute Gasteiger partial charge is 0.433 e. The number of halogens is 2. The molecule has 0 radical (unpaired) electrons. The Morgan fingerprint density at radius 3 is 2.80 bits per heavy atom. The summed E-state index contributed by atoms with van der Waals surface area (Å²) in [6.45, 7) is 9.15. The fourth-order valence-electron chi connectivity index (χ4n) is 3.54. The Hall–Kier alpha value is -2.06. The lowest BCUT2D eigenvalue weighted by molar-refractivity contribution is -0.158. The van der Waals surface area contributed by atoms with Crippen molar-refractivity contribution in [3.8, 4) is 16.3 Å². The molecule has 0 aliphatic carbocycles. The molecule has 2 heterocycles. The molecular weight excluding hydrogens is 408 g/mol. The summed E-state index contributed by atoms with van der Waals surface area (Å²) in [6.07, 6.45) is 0.0588. The standard InChI is InChI=1S/C22H29F2N3O2S/c1-4-5-10-26-11-7-12-27(14-13-26)21(28)19-16(2)25-20(30-19)17-8-6-9-18(15-17)29-22(3,23)24/h6,8-9,15H,4-5,7,10-14H2,1-3H3. The Kier molecular flexibility index (Phi) is 7.41. The van der Waals surface area contributed by atoms with E-state index < -0.39 is 6.11 Å². The maximum atomic E-state index is 13.2. The highest BCUT2D eigenvalue weighted by molar-refractivity contribution is 7.17. The normalized spacial score (nSPS) is 15.8. The van der Waals surface area contributed by atoms with Crippen LogP contribution >= 0.6 is 11.3 Å². The number of rotatable bonds is 7. The van der Waals surface area contributed by atoms with Crippen LogP contribution in [0, 0.1) is 6.92 Å². The van der Waals surface area contributed by atoms with Crippen molar-refractivity contribution in [3.05, 3.63) is 34.8 Å². The molecule has 8 heteroatoms. The van der Waals surface area contributed by atoms with Crippen LogP contribution in [0.15, 0.2) is 24.3 Å². The minimum Gasteiger partial charge on any atom is -0.433 e. The molecule has 3 rings (SSSR count). The predicted molar refractivity (Wildman–Crippen MR) is 115 cm³/mol. The van der Waals surface area contributed by atoms with Gasteiger partial charge in [-0.1, -0.05) is 25.5 Å². The van der Waals surface area contributed by atoms with E-state index in [9.17, 15) is 13.6 Å². The van der Waals surface area contributed by atoms with Crippen molar-refractivity contribution in [2.75, 3.05) is 32.7 Å². The number of aryl methyl sites for hydroxylation is 1. The van der Waals surface area contributed by atoms with Crippen molar-refractivity contribution >= 4 is 17.2 Å². The number of ether oxygens (including phenoxy) is 1. The molecule has 0 N–H and O–H groups in total. The van der Waals surface area contributed by atoms with Gasteiger partial charge in [-0.25, -0.2) is 4.98 Å². The first-order valence-electron chi connectivity index (χ1n) is 10.4. The van der Waals surface area contributed by atoms with Crippen LogP contribution in [0.5, 0.6) is 5.75 Å². The van der Waals surface area contributed by atoms with Gasteiger partial charge in [-0.3, -0.25) is 4.79 Å². The second kappa shape index (κ2) is 9.83. The van der Waals surface area contributed by atoms with Crippen molar-refractivity contribution in [2.24, 2.45) is 0 Å². The molecule has 1 aliphatic rings.